The summed E-state index contributed by atoms with van der Waals surface area (Å²) in [6.45, 7) is 4.69. The monoisotopic (exact) mass is 287 g/mol. The molecule has 4 nitrogen and oxygen atoms in total. The van der Waals surface area contributed by atoms with Crippen molar-refractivity contribution >= 4 is 5.69 Å². The summed E-state index contributed by atoms with van der Waals surface area (Å²) < 4.78 is 5.71. The van der Waals surface area contributed by atoms with Crippen molar-refractivity contribution in [2.45, 2.75) is 26.3 Å². The Morgan fingerprint density at radius 3 is 2.43 bits per heavy atom. The minimum atomic E-state index is -0.0747. The van der Waals surface area contributed by atoms with Gasteiger partial charge in [0.15, 0.2) is 0 Å². The Hall–Kier alpha value is -2.36. The van der Waals surface area contributed by atoms with E-state index in [1.807, 2.05) is 31.2 Å². The molecule has 0 aliphatic carbocycles. The molecule has 21 heavy (non-hydrogen) atoms. The zero-order valence-corrected chi connectivity index (χ0v) is 12.3. The lowest BCUT2D eigenvalue weighted by molar-refractivity contribution is 0.318. The Balaban J connectivity index is 2.17. The molecule has 0 radical (unpaired) electrons. The van der Waals surface area contributed by atoms with Crippen LogP contribution in [0.15, 0.2) is 42.5 Å². The van der Waals surface area contributed by atoms with Crippen LogP contribution in [0.2, 0.25) is 0 Å². The lowest BCUT2D eigenvalue weighted by Crippen LogP contribution is -2.08. The van der Waals surface area contributed by atoms with Crippen LogP contribution < -0.4 is 10.1 Å². The number of hydrogen-bond donors (Lipinski definition) is 3. The van der Waals surface area contributed by atoms with Gasteiger partial charge < -0.3 is 20.3 Å². The van der Waals surface area contributed by atoms with Crippen molar-refractivity contribution < 1.29 is 14.9 Å². The maximum Gasteiger partial charge on any atom is 0.142 e. The molecule has 0 saturated carbocycles. The smallest absolute Gasteiger partial charge is 0.142 e. The van der Waals surface area contributed by atoms with E-state index in [1.165, 1.54) is 6.07 Å². The largest absolute Gasteiger partial charge is 0.508 e. The van der Waals surface area contributed by atoms with Gasteiger partial charge in [-0.3, -0.25) is 0 Å². The zero-order valence-electron chi connectivity index (χ0n) is 12.3. The zero-order chi connectivity index (χ0) is 15.2. The van der Waals surface area contributed by atoms with Crippen LogP contribution in [-0.2, 0) is 0 Å². The van der Waals surface area contributed by atoms with E-state index in [1.54, 1.807) is 12.1 Å². The second-order valence-corrected chi connectivity index (χ2v) is 4.99. The predicted octanol–water partition coefficient (Wildman–Crippen LogP) is 4.06. The summed E-state index contributed by atoms with van der Waals surface area (Å²) in [4.78, 5) is 0. The summed E-state index contributed by atoms with van der Waals surface area (Å²) in [5.74, 6) is 0.902. The molecule has 0 amide bonds. The van der Waals surface area contributed by atoms with Crippen LogP contribution in [0.4, 0.5) is 5.69 Å². The van der Waals surface area contributed by atoms with E-state index in [4.69, 9.17) is 4.74 Å². The molecule has 0 spiro atoms. The minimum Gasteiger partial charge on any atom is -0.508 e. The van der Waals surface area contributed by atoms with Gasteiger partial charge in [-0.2, -0.15) is 0 Å². The highest BCUT2D eigenvalue weighted by atomic mass is 16.5. The molecule has 1 unspecified atom stereocenters. The number of phenolic OH excluding ortho intramolecular Hbond substituents is 2. The lowest BCUT2D eigenvalue weighted by Gasteiger charge is -2.19. The van der Waals surface area contributed by atoms with E-state index in [2.05, 4.69) is 12.2 Å². The lowest BCUT2D eigenvalue weighted by atomic mass is 10.1. The van der Waals surface area contributed by atoms with Crippen molar-refractivity contribution in [3.05, 3.63) is 48.0 Å². The summed E-state index contributed by atoms with van der Waals surface area (Å²) in [6, 6.07) is 12.2. The first kappa shape index (κ1) is 15.0. The maximum absolute atomic E-state index is 9.57. The standard InChI is InChI=1S/C17H21NO3/c1-3-8-21-17-7-5-4-6-16(17)18-12(2)13-9-14(19)11-15(20)10-13/h4-7,9-12,18-20H,3,8H2,1-2H3. The first-order valence-corrected chi connectivity index (χ1v) is 7.11. The van der Waals surface area contributed by atoms with Crippen molar-refractivity contribution in [3.63, 3.8) is 0 Å². The molecule has 2 aromatic carbocycles. The number of rotatable bonds is 6. The average molecular weight is 287 g/mol. The van der Waals surface area contributed by atoms with Crippen LogP contribution in [-0.4, -0.2) is 16.8 Å². The molecular formula is C17H21NO3. The molecule has 0 bridgehead atoms. The van der Waals surface area contributed by atoms with E-state index >= 15 is 0 Å². The Bertz CT molecular complexity index is 578. The van der Waals surface area contributed by atoms with Gasteiger partial charge in [-0.25, -0.2) is 0 Å². The van der Waals surface area contributed by atoms with Crippen LogP contribution in [0.3, 0.4) is 0 Å². The fourth-order valence-electron chi connectivity index (χ4n) is 2.11. The number of hydrogen-bond acceptors (Lipinski definition) is 4. The van der Waals surface area contributed by atoms with Crippen LogP contribution in [0.1, 0.15) is 31.9 Å². The number of aromatic hydroxyl groups is 2. The van der Waals surface area contributed by atoms with Crippen molar-refractivity contribution in [3.8, 4) is 17.2 Å². The first-order chi connectivity index (χ1) is 10.1. The summed E-state index contributed by atoms with van der Waals surface area (Å²) in [5.41, 5.74) is 1.69. The SMILES string of the molecule is CCCOc1ccccc1NC(C)c1cc(O)cc(O)c1. The molecule has 0 aromatic heterocycles. The second kappa shape index (κ2) is 6.88. The minimum absolute atomic E-state index is 0.0502. The topological polar surface area (TPSA) is 61.7 Å². The molecule has 3 N–H and O–H groups in total. The van der Waals surface area contributed by atoms with Gasteiger partial charge in [0.05, 0.1) is 12.3 Å². The highest BCUT2D eigenvalue weighted by molar-refractivity contribution is 5.57. The number of phenols is 2. The fraction of sp³-hybridized carbons (Fsp3) is 0.294. The third-order valence-corrected chi connectivity index (χ3v) is 3.15. The summed E-state index contributed by atoms with van der Waals surface area (Å²) in [7, 11) is 0. The van der Waals surface area contributed by atoms with Gasteiger partial charge in [0, 0.05) is 12.1 Å². The molecule has 1 atom stereocenters. The Morgan fingerprint density at radius 1 is 1.10 bits per heavy atom. The number of para-hydroxylation sites is 2. The highest BCUT2D eigenvalue weighted by Gasteiger charge is 2.10. The molecule has 0 fully saturated rings. The highest BCUT2D eigenvalue weighted by Crippen LogP contribution is 2.30. The van der Waals surface area contributed by atoms with Crippen LogP contribution in [0, 0.1) is 0 Å². The number of anilines is 1. The Kier molecular flexibility index (Phi) is 4.93. The van der Waals surface area contributed by atoms with Crippen molar-refractivity contribution in [1.29, 1.82) is 0 Å². The summed E-state index contributed by atoms with van der Waals surface area (Å²) in [5, 5.41) is 22.5. The van der Waals surface area contributed by atoms with Gasteiger partial charge in [-0.15, -0.1) is 0 Å². The molecule has 0 saturated heterocycles. The van der Waals surface area contributed by atoms with Crippen molar-refractivity contribution in [1.82, 2.24) is 0 Å². The van der Waals surface area contributed by atoms with E-state index < -0.39 is 0 Å². The molecule has 0 aliphatic heterocycles. The third-order valence-electron chi connectivity index (χ3n) is 3.15. The van der Waals surface area contributed by atoms with Gasteiger partial charge in [0.2, 0.25) is 0 Å². The number of benzene rings is 2. The van der Waals surface area contributed by atoms with Crippen LogP contribution >= 0.6 is 0 Å². The normalized spacial score (nSPS) is 11.9. The predicted molar refractivity (Wildman–Crippen MR) is 84.0 cm³/mol. The second-order valence-electron chi connectivity index (χ2n) is 4.99. The van der Waals surface area contributed by atoms with E-state index in [0.29, 0.717) is 6.61 Å². The number of ether oxygens (including phenoxy) is 1. The van der Waals surface area contributed by atoms with Gasteiger partial charge in [-0.05, 0) is 43.2 Å². The van der Waals surface area contributed by atoms with Crippen molar-refractivity contribution in [2.24, 2.45) is 0 Å². The van der Waals surface area contributed by atoms with Gasteiger partial charge >= 0.3 is 0 Å². The average Bonchev–Trinajstić information content (AvgIpc) is 2.45. The fourth-order valence-corrected chi connectivity index (χ4v) is 2.11. The van der Waals surface area contributed by atoms with E-state index in [9.17, 15) is 10.2 Å². The summed E-state index contributed by atoms with van der Waals surface area (Å²) in [6.07, 6.45) is 0.949. The van der Waals surface area contributed by atoms with Crippen LogP contribution in [0.5, 0.6) is 17.2 Å². The number of nitrogens with one attached hydrogen (secondary N) is 1. The molecule has 2 rings (SSSR count). The third kappa shape index (κ3) is 4.05. The molecule has 0 aliphatic rings. The first-order valence-electron chi connectivity index (χ1n) is 7.11. The quantitative estimate of drug-likeness (QED) is 0.749. The van der Waals surface area contributed by atoms with Gasteiger partial charge in [0.25, 0.3) is 0 Å². The molecule has 0 heterocycles. The van der Waals surface area contributed by atoms with Crippen molar-refractivity contribution in [2.75, 3.05) is 11.9 Å². The molecular weight excluding hydrogens is 266 g/mol. The maximum atomic E-state index is 9.57. The van der Waals surface area contributed by atoms with Gasteiger partial charge in [0.1, 0.15) is 17.2 Å². The Labute approximate surface area is 125 Å². The Morgan fingerprint density at radius 2 is 1.76 bits per heavy atom. The van der Waals surface area contributed by atoms with Gasteiger partial charge in [-0.1, -0.05) is 19.1 Å². The molecule has 4 heteroatoms. The molecule has 2 aromatic rings. The van der Waals surface area contributed by atoms with E-state index in [0.717, 1.165) is 23.4 Å². The summed E-state index contributed by atoms with van der Waals surface area (Å²) >= 11 is 0. The van der Waals surface area contributed by atoms with E-state index in [-0.39, 0.29) is 17.5 Å². The van der Waals surface area contributed by atoms with Crippen LogP contribution in [0.25, 0.3) is 0 Å². The molecule has 112 valence electrons.